The summed E-state index contributed by atoms with van der Waals surface area (Å²) in [7, 11) is 0. The molecule has 0 bridgehead atoms. The molecule has 0 unspecified atom stereocenters. The van der Waals surface area contributed by atoms with E-state index in [1.54, 1.807) is 12.5 Å². The van der Waals surface area contributed by atoms with Crippen molar-refractivity contribution in [2.24, 2.45) is 0 Å². The molecule has 2 aromatic heterocycles. The molecule has 1 atom stereocenters. The molecule has 0 aliphatic carbocycles. The third-order valence-corrected chi connectivity index (χ3v) is 4.60. The zero-order valence-corrected chi connectivity index (χ0v) is 15.2. The Morgan fingerprint density at radius 1 is 1.04 bits per heavy atom. The summed E-state index contributed by atoms with van der Waals surface area (Å²) in [5.74, 6) is 1.57. The number of hydrogen-bond donors (Lipinski definition) is 1. The van der Waals surface area contributed by atoms with Gasteiger partial charge in [-0.05, 0) is 30.2 Å². The van der Waals surface area contributed by atoms with Gasteiger partial charge in [-0.3, -0.25) is 0 Å². The maximum absolute atomic E-state index is 5.38. The molecular formula is C20H22N6O. The van der Waals surface area contributed by atoms with Gasteiger partial charge in [-0.25, -0.2) is 19.9 Å². The molecule has 1 saturated heterocycles. The van der Waals surface area contributed by atoms with Gasteiger partial charge in [-0.15, -0.1) is 0 Å². The fourth-order valence-electron chi connectivity index (χ4n) is 3.07. The molecular weight excluding hydrogens is 340 g/mol. The van der Waals surface area contributed by atoms with Crippen molar-refractivity contribution in [3.63, 3.8) is 0 Å². The van der Waals surface area contributed by atoms with E-state index in [4.69, 9.17) is 4.74 Å². The van der Waals surface area contributed by atoms with Crippen LogP contribution in [0.3, 0.4) is 0 Å². The van der Waals surface area contributed by atoms with Crippen molar-refractivity contribution in [1.82, 2.24) is 19.9 Å². The van der Waals surface area contributed by atoms with Gasteiger partial charge in [-0.1, -0.05) is 18.2 Å². The van der Waals surface area contributed by atoms with Crippen LogP contribution in [-0.2, 0) is 4.74 Å². The zero-order valence-electron chi connectivity index (χ0n) is 15.2. The fourth-order valence-corrected chi connectivity index (χ4v) is 3.07. The van der Waals surface area contributed by atoms with E-state index in [9.17, 15) is 0 Å². The molecule has 3 aromatic rings. The predicted molar refractivity (Wildman–Crippen MR) is 105 cm³/mol. The Morgan fingerprint density at radius 2 is 1.85 bits per heavy atom. The van der Waals surface area contributed by atoms with Crippen LogP contribution < -0.4 is 10.2 Å². The maximum atomic E-state index is 5.38. The van der Waals surface area contributed by atoms with E-state index in [1.807, 2.05) is 18.5 Å². The van der Waals surface area contributed by atoms with Gasteiger partial charge in [0, 0.05) is 43.3 Å². The average Bonchev–Trinajstić information content (AvgIpc) is 2.75. The first-order valence-electron chi connectivity index (χ1n) is 9.07. The number of rotatable bonds is 5. The minimum atomic E-state index is 0.119. The van der Waals surface area contributed by atoms with Crippen LogP contribution in [0.25, 0.3) is 11.1 Å². The highest BCUT2D eigenvalue weighted by Crippen LogP contribution is 2.24. The third-order valence-electron chi connectivity index (χ3n) is 4.60. The van der Waals surface area contributed by atoms with E-state index in [1.165, 1.54) is 5.56 Å². The van der Waals surface area contributed by atoms with Gasteiger partial charge in [0.25, 0.3) is 0 Å². The number of anilines is 2. The summed E-state index contributed by atoms with van der Waals surface area (Å²) in [6.07, 6.45) is 7.05. The molecule has 7 nitrogen and oxygen atoms in total. The van der Waals surface area contributed by atoms with E-state index in [2.05, 4.69) is 61.3 Å². The Kier molecular flexibility index (Phi) is 5.20. The van der Waals surface area contributed by atoms with Crippen LogP contribution in [0.5, 0.6) is 0 Å². The van der Waals surface area contributed by atoms with Gasteiger partial charge < -0.3 is 15.0 Å². The lowest BCUT2D eigenvalue weighted by Gasteiger charge is -2.26. The third kappa shape index (κ3) is 4.20. The smallest absolute Gasteiger partial charge is 0.225 e. The van der Waals surface area contributed by atoms with Crippen molar-refractivity contribution in [2.75, 3.05) is 36.5 Å². The zero-order chi connectivity index (χ0) is 18.5. The van der Waals surface area contributed by atoms with Crippen molar-refractivity contribution in [1.29, 1.82) is 0 Å². The van der Waals surface area contributed by atoms with Gasteiger partial charge in [0.1, 0.15) is 12.1 Å². The first-order valence-corrected chi connectivity index (χ1v) is 9.07. The molecule has 1 N–H and O–H groups in total. The molecule has 7 heteroatoms. The second-order valence-electron chi connectivity index (χ2n) is 6.46. The van der Waals surface area contributed by atoms with Crippen molar-refractivity contribution < 1.29 is 4.74 Å². The molecule has 0 radical (unpaired) electrons. The molecule has 4 rings (SSSR count). The second kappa shape index (κ2) is 8.09. The normalized spacial score (nSPS) is 15.4. The van der Waals surface area contributed by atoms with Crippen molar-refractivity contribution in [3.05, 3.63) is 60.8 Å². The highest BCUT2D eigenvalue weighted by molar-refractivity contribution is 5.63. The van der Waals surface area contributed by atoms with Crippen LogP contribution in [0.1, 0.15) is 18.5 Å². The highest BCUT2D eigenvalue weighted by atomic mass is 16.5. The van der Waals surface area contributed by atoms with Gasteiger partial charge in [0.05, 0.1) is 13.2 Å². The Balaban J connectivity index is 1.50. The molecule has 1 aromatic carbocycles. The van der Waals surface area contributed by atoms with E-state index in [-0.39, 0.29) is 6.04 Å². The number of benzene rings is 1. The lowest BCUT2D eigenvalue weighted by Crippen LogP contribution is -2.37. The lowest BCUT2D eigenvalue weighted by atomic mass is 10.0. The van der Waals surface area contributed by atoms with Crippen LogP contribution in [0.2, 0.25) is 0 Å². The number of aromatic nitrogens is 4. The highest BCUT2D eigenvalue weighted by Gasteiger charge is 2.14. The molecule has 3 heterocycles. The van der Waals surface area contributed by atoms with Crippen LogP contribution in [0, 0.1) is 0 Å². The first-order chi connectivity index (χ1) is 13.3. The lowest BCUT2D eigenvalue weighted by molar-refractivity contribution is 0.122. The Morgan fingerprint density at radius 3 is 2.59 bits per heavy atom. The van der Waals surface area contributed by atoms with E-state index in [0.717, 1.165) is 49.2 Å². The van der Waals surface area contributed by atoms with Gasteiger partial charge in [0.15, 0.2) is 0 Å². The maximum Gasteiger partial charge on any atom is 0.225 e. The summed E-state index contributed by atoms with van der Waals surface area (Å²) < 4.78 is 5.38. The molecule has 0 saturated carbocycles. The predicted octanol–water partition coefficient (Wildman–Crippen LogP) is 2.94. The number of nitrogens with one attached hydrogen (secondary N) is 1. The minimum Gasteiger partial charge on any atom is -0.378 e. The number of ether oxygens (including phenoxy) is 1. The minimum absolute atomic E-state index is 0.119. The summed E-state index contributed by atoms with van der Waals surface area (Å²) in [6, 6.07) is 10.4. The van der Waals surface area contributed by atoms with E-state index in [0.29, 0.717) is 0 Å². The van der Waals surface area contributed by atoms with Crippen LogP contribution in [0.4, 0.5) is 11.8 Å². The standard InChI is InChI=1S/C20H22N6O/c1-15(25-19-5-6-21-14-24-19)16-3-2-4-17(11-16)18-12-22-20(23-13-18)26-7-9-27-10-8-26/h2-6,11-15H,7-10H2,1H3,(H,21,24,25)/t15-/m0/s1. The monoisotopic (exact) mass is 362 g/mol. The van der Waals surface area contributed by atoms with Crippen LogP contribution >= 0.6 is 0 Å². The second-order valence-corrected chi connectivity index (χ2v) is 6.46. The Labute approximate surface area is 158 Å². The summed E-state index contributed by atoms with van der Waals surface area (Å²) in [6.45, 7) is 5.23. The molecule has 1 aliphatic heterocycles. The number of morpholine rings is 1. The molecule has 27 heavy (non-hydrogen) atoms. The summed E-state index contributed by atoms with van der Waals surface area (Å²) in [4.78, 5) is 19.4. The first kappa shape index (κ1) is 17.4. The van der Waals surface area contributed by atoms with E-state index >= 15 is 0 Å². The molecule has 0 amide bonds. The van der Waals surface area contributed by atoms with Crippen molar-refractivity contribution in [2.45, 2.75) is 13.0 Å². The average molecular weight is 362 g/mol. The van der Waals surface area contributed by atoms with Crippen LogP contribution in [0.15, 0.2) is 55.2 Å². The van der Waals surface area contributed by atoms with Crippen LogP contribution in [-0.4, -0.2) is 46.2 Å². The molecule has 138 valence electrons. The van der Waals surface area contributed by atoms with Gasteiger partial charge >= 0.3 is 0 Å². The summed E-state index contributed by atoms with van der Waals surface area (Å²) in [5.41, 5.74) is 3.27. The Bertz CT molecular complexity index is 865. The molecule has 1 fully saturated rings. The van der Waals surface area contributed by atoms with Crippen molar-refractivity contribution in [3.8, 4) is 11.1 Å². The topological polar surface area (TPSA) is 76.1 Å². The SMILES string of the molecule is C[C@H](Nc1ccncn1)c1cccc(-c2cnc(N3CCOCC3)nc2)c1. The molecule has 0 spiro atoms. The number of nitrogens with zero attached hydrogens (tertiary/aromatic N) is 5. The van der Waals surface area contributed by atoms with E-state index < -0.39 is 0 Å². The van der Waals surface area contributed by atoms with Gasteiger partial charge in [-0.2, -0.15) is 0 Å². The quantitative estimate of drug-likeness (QED) is 0.748. The van der Waals surface area contributed by atoms with Crippen molar-refractivity contribution >= 4 is 11.8 Å². The summed E-state index contributed by atoms with van der Waals surface area (Å²) >= 11 is 0. The van der Waals surface area contributed by atoms with Gasteiger partial charge in [0.2, 0.25) is 5.95 Å². The largest absolute Gasteiger partial charge is 0.378 e. The fraction of sp³-hybridized carbons (Fsp3) is 0.300. The number of hydrogen-bond acceptors (Lipinski definition) is 7. The summed E-state index contributed by atoms with van der Waals surface area (Å²) in [5, 5.41) is 3.39. The Hall–Kier alpha value is -3.06. The molecule has 1 aliphatic rings.